The molecule has 0 aliphatic rings. The fourth-order valence-corrected chi connectivity index (χ4v) is 4.41. The van der Waals surface area contributed by atoms with E-state index in [4.69, 9.17) is 4.74 Å². The summed E-state index contributed by atoms with van der Waals surface area (Å²) < 4.78 is 31.8. The minimum atomic E-state index is -3.82. The smallest absolute Gasteiger partial charge is 0.244 e. The van der Waals surface area contributed by atoms with Gasteiger partial charge in [-0.2, -0.15) is 0 Å². The number of rotatable bonds is 11. The van der Waals surface area contributed by atoms with Crippen LogP contribution in [0.15, 0.2) is 48.5 Å². The molecule has 2 aromatic rings. The number of anilines is 1. The summed E-state index contributed by atoms with van der Waals surface area (Å²) in [7, 11) is -2.38. The number of sulfonamides is 1. The van der Waals surface area contributed by atoms with E-state index in [0.29, 0.717) is 12.2 Å². The molecule has 0 heterocycles. The summed E-state index contributed by atoms with van der Waals surface area (Å²) in [5, 5.41) is 2.83. The summed E-state index contributed by atoms with van der Waals surface area (Å²) in [5.74, 6) is -0.433. The lowest BCUT2D eigenvalue weighted by Gasteiger charge is -2.32. The van der Waals surface area contributed by atoms with Gasteiger partial charge in [0.2, 0.25) is 21.8 Å². The molecule has 0 fully saturated rings. The number of carbonyl (C=O) groups excluding carboxylic acids is 2. The van der Waals surface area contributed by atoms with E-state index < -0.39 is 28.5 Å². The largest absolute Gasteiger partial charge is 0.495 e. The molecule has 0 radical (unpaired) electrons. The molecule has 2 amide bonds. The minimum absolute atomic E-state index is 0.0925. The quantitative estimate of drug-likeness (QED) is 0.524. The van der Waals surface area contributed by atoms with Crippen LogP contribution in [-0.2, 0) is 26.0 Å². The standard InChI is InChI=1S/C25H35N3O5S/c1-18(2)26-25(30)20(4)27(15-14-21-10-8-7-9-11-21)24(29)17-28(34(6,31)32)22-16-19(3)12-13-23(22)33-5/h7-13,16,18,20H,14-15,17H2,1-6H3,(H,26,30)/t20-/m0/s1. The highest BCUT2D eigenvalue weighted by Gasteiger charge is 2.31. The van der Waals surface area contributed by atoms with Crippen LogP contribution in [0.1, 0.15) is 31.9 Å². The van der Waals surface area contributed by atoms with Crippen molar-refractivity contribution < 1.29 is 22.7 Å². The van der Waals surface area contributed by atoms with E-state index >= 15 is 0 Å². The summed E-state index contributed by atoms with van der Waals surface area (Å²) in [4.78, 5) is 27.7. The maximum atomic E-state index is 13.5. The lowest BCUT2D eigenvalue weighted by molar-refractivity contribution is -0.139. The van der Waals surface area contributed by atoms with Gasteiger partial charge in [0.05, 0.1) is 19.1 Å². The summed E-state index contributed by atoms with van der Waals surface area (Å²) in [5.41, 5.74) is 2.11. The average molecular weight is 490 g/mol. The zero-order chi connectivity index (χ0) is 25.5. The molecule has 0 saturated heterocycles. The SMILES string of the molecule is COc1ccc(C)cc1N(CC(=O)N(CCc1ccccc1)[C@@H](C)C(=O)NC(C)C)S(C)(=O)=O. The predicted octanol–water partition coefficient (Wildman–Crippen LogP) is 2.75. The minimum Gasteiger partial charge on any atom is -0.495 e. The Hall–Kier alpha value is -3.07. The zero-order valence-corrected chi connectivity index (χ0v) is 21.6. The Kier molecular flexibility index (Phi) is 9.49. The van der Waals surface area contributed by atoms with Gasteiger partial charge in [-0.1, -0.05) is 36.4 Å². The fourth-order valence-electron chi connectivity index (χ4n) is 3.56. The van der Waals surface area contributed by atoms with E-state index in [2.05, 4.69) is 5.32 Å². The first kappa shape index (κ1) is 27.2. The number of nitrogens with one attached hydrogen (secondary N) is 1. The Morgan fingerprint density at radius 2 is 1.71 bits per heavy atom. The number of hydrogen-bond donors (Lipinski definition) is 1. The van der Waals surface area contributed by atoms with Crippen LogP contribution in [0, 0.1) is 6.92 Å². The van der Waals surface area contributed by atoms with Crippen LogP contribution in [0.2, 0.25) is 0 Å². The molecule has 1 atom stereocenters. The van der Waals surface area contributed by atoms with Gasteiger partial charge in [-0.25, -0.2) is 8.42 Å². The van der Waals surface area contributed by atoms with Crippen LogP contribution in [-0.4, -0.2) is 63.7 Å². The zero-order valence-electron chi connectivity index (χ0n) is 20.7. The van der Waals surface area contributed by atoms with Crippen molar-refractivity contribution in [2.45, 2.75) is 46.2 Å². The maximum absolute atomic E-state index is 13.5. The Labute approximate surface area is 202 Å². The van der Waals surface area contributed by atoms with Crippen molar-refractivity contribution in [1.82, 2.24) is 10.2 Å². The molecule has 186 valence electrons. The second kappa shape index (κ2) is 11.9. The third kappa shape index (κ3) is 7.48. The molecule has 1 N–H and O–H groups in total. The number of carbonyl (C=O) groups is 2. The van der Waals surface area contributed by atoms with Gasteiger partial charge in [0.15, 0.2) is 0 Å². The number of aryl methyl sites for hydroxylation is 1. The first-order chi connectivity index (χ1) is 15.9. The second-order valence-corrected chi connectivity index (χ2v) is 10.5. The Morgan fingerprint density at radius 3 is 2.26 bits per heavy atom. The molecule has 8 nitrogen and oxygen atoms in total. The summed E-state index contributed by atoms with van der Waals surface area (Å²) >= 11 is 0. The Bertz CT molecular complexity index is 1090. The van der Waals surface area contributed by atoms with Gasteiger partial charge in [0.25, 0.3) is 0 Å². The molecule has 34 heavy (non-hydrogen) atoms. The van der Waals surface area contributed by atoms with Gasteiger partial charge in [0, 0.05) is 12.6 Å². The number of nitrogens with zero attached hydrogens (tertiary/aromatic N) is 2. The highest BCUT2D eigenvalue weighted by molar-refractivity contribution is 7.92. The van der Waals surface area contributed by atoms with Gasteiger partial charge in [-0.15, -0.1) is 0 Å². The van der Waals surface area contributed by atoms with Gasteiger partial charge < -0.3 is 15.0 Å². The molecule has 9 heteroatoms. The maximum Gasteiger partial charge on any atom is 0.244 e. The van der Waals surface area contributed by atoms with Crippen LogP contribution in [0.3, 0.4) is 0 Å². The molecule has 0 bridgehead atoms. The topological polar surface area (TPSA) is 96.0 Å². The highest BCUT2D eigenvalue weighted by Crippen LogP contribution is 2.31. The van der Waals surface area contributed by atoms with Crippen molar-refractivity contribution >= 4 is 27.5 Å². The van der Waals surface area contributed by atoms with E-state index in [0.717, 1.165) is 21.7 Å². The molecule has 2 rings (SSSR count). The van der Waals surface area contributed by atoms with Crippen LogP contribution in [0.25, 0.3) is 0 Å². The molecule has 0 spiro atoms. The molecule has 0 unspecified atom stereocenters. The van der Waals surface area contributed by atoms with E-state index in [-0.39, 0.29) is 24.2 Å². The van der Waals surface area contributed by atoms with E-state index in [9.17, 15) is 18.0 Å². The summed E-state index contributed by atoms with van der Waals surface area (Å²) in [6.07, 6.45) is 1.57. The summed E-state index contributed by atoms with van der Waals surface area (Å²) in [6.45, 7) is 6.98. The molecule has 2 aromatic carbocycles. The number of benzene rings is 2. The van der Waals surface area contributed by atoms with Crippen molar-refractivity contribution in [3.05, 3.63) is 59.7 Å². The second-order valence-electron chi connectivity index (χ2n) is 8.61. The van der Waals surface area contributed by atoms with E-state index in [1.54, 1.807) is 25.1 Å². The van der Waals surface area contributed by atoms with Crippen molar-refractivity contribution in [2.75, 3.05) is 30.8 Å². The molecule has 0 saturated carbocycles. The molecule has 0 aliphatic heterocycles. The third-order valence-electron chi connectivity index (χ3n) is 5.36. The molecule has 0 aromatic heterocycles. The summed E-state index contributed by atoms with van der Waals surface area (Å²) in [6, 6.07) is 13.9. The van der Waals surface area contributed by atoms with Crippen molar-refractivity contribution in [3.63, 3.8) is 0 Å². The fraction of sp³-hybridized carbons (Fsp3) is 0.440. The van der Waals surface area contributed by atoms with Crippen LogP contribution in [0.4, 0.5) is 5.69 Å². The third-order valence-corrected chi connectivity index (χ3v) is 6.49. The molecule has 0 aliphatic carbocycles. The van der Waals surface area contributed by atoms with Crippen LogP contribution in [0.5, 0.6) is 5.75 Å². The van der Waals surface area contributed by atoms with Gasteiger partial charge in [0.1, 0.15) is 18.3 Å². The predicted molar refractivity (Wildman–Crippen MR) is 135 cm³/mol. The van der Waals surface area contributed by atoms with Crippen molar-refractivity contribution in [3.8, 4) is 5.75 Å². The Morgan fingerprint density at radius 1 is 1.06 bits per heavy atom. The monoisotopic (exact) mass is 489 g/mol. The number of ether oxygens (including phenoxy) is 1. The van der Waals surface area contributed by atoms with Gasteiger partial charge in [-0.05, 0) is 57.4 Å². The molecular formula is C25H35N3O5S. The van der Waals surface area contributed by atoms with Crippen LogP contribution < -0.4 is 14.4 Å². The van der Waals surface area contributed by atoms with Crippen molar-refractivity contribution in [1.29, 1.82) is 0 Å². The first-order valence-electron chi connectivity index (χ1n) is 11.2. The van der Waals surface area contributed by atoms with Crippen LogP contribution >= 0.6 is 0 Å². The Balaban J connectivity index is 2.38. The normalized spacial score (nSPS) is 12.2. The molecular weight excluding hydrogens is 454 g/mol. The average Bonchev–Trinajstić information content (AvgIpc) is 2.76. The number of amides is 2. The van der Waals surface area contributed by atoms with Crippen molar-refractivity contribution in [2.24, 2.45) is 0 Å². The lowest BCUT2D eigenvalue weighted by Crippen LogP contribution is -2.53. The highest BCUT2D eigenvalue weighted by atomic mass is 32.2. The van der Waals surface area contributed by atoms with Gasteiger partial charge >= 0.3 is 0 Å². The number of hydrogen-bond acceptors (Lipinski definition) is 5. The lowest BCUT2D eigenvalue weighted by atomic mass is 10.1. The van der Waals surface area contributed by atoms with E-state index in [1.165, 1.54) is 12.0 Å². The van der Waals surface area contributed by atoms with E-state index in [1.807, 2.05) is 51.1 Å². The first-order valence-corrected chi connectivity index (χ1v) is 13.0. The van der Waals surface area contributed by atoms with Gasteiger partial charge in [-0.3, -0.25) is 13.9 Å². The number of methoxy groups -OCH3 is 1.